The average Bonchev–Trinajstić information content (AvgIpc) is 3.40. The Balaban J connectivity index is 1.50. The van der Waals surface area contributed by atoms with Gasteiger partial charge in [-0.1, -0.05) is 24.3 Å². The maximum Gasteiger partial charge on any atom is 0.291 e. The molecule has 33 heavy (non-hydrogen) atoms. The molecular weight excluding hydrogens is 427 g/mol. The molecule has 0 saturated carbocycles. The Labute approximate surface area is 188 Å². The summed E-state index contributed by atoms with van der Waals surface area (Å²) in [6, 6.07) is 13.3. The highest BCUT2D eigenvalue weighted by molar-refractivity contribution is 6.14. The van der Waals surface area contributed by atoms with Crippen molar-refractivity contribution in [1.82, 2.24) is 14.7 Å². The second kappa shape index (κ2) is 8.51. The molecule has 8 nitrogen and oxygen atoms in total. The summed E-state index contributed by atoms with van der Waals surface area (Å²) < 4.78 is 26.8. The Hall–Kier alpha value is -3.98. The molecule has 1 aliphatic rings. The number of amides is 2. The van der Waals surface area contributed by atoms with Gasteiger partial charge in [0, 0.05) is 18.5 Å². The Morgan fingerprint density at radius 1 is 1.06 bits per heavy atom. The number of hydrogen-bond acceptors (Lipinski definition) is 5. The van der Waals surface area contributed by atoms with E-state index in [2.05, 4.69) is 10.4 Å². The van der Waals surface area contributed by atoms with Crippen LogP contribution in [0.1, 0.15) is 26.6 Å². The number of halogens is 1. The first-order valence-corrected chi connectivity index (χ1v) is 10.5. The van der Waals surface area contributed by atoms with Crippen LogP contribution in [0.15, 0.2) is 59.1 Å². The fourth-order valence-corrected chi connectivity index (χ4v) is 3.91. The summed E-state index contributed by atoms with van der Waals surface area (Å²) in [5.74, 6) is -1.18. The molecule has 1 saturated heterocycles. The Morgan fingerprint density at radius 3 is 2.58 bits per heavy atom. The number of benzene rings is 2. The molecule has 4 aromatic rings. The highest BCUT2D eigenvalue weighted by Gasteiger charge is 2.28. The topological polar surface area (TPSA) is 89.6 Å². The maximum absolute atomic E-state index is 14.2. The van der Waals surface area contributed by atoms with E-state index in [1.54, 1.807) is 54.3 Å². The van der Waals surface area contributed by atoms with Gasteiger partial charge >= 0.3 is 0 Å². The van der Waals surface area contributed by atoms with E-state index in [9.17, 15) is 14.0 Å². The molecule has 5 rings (SSSR count). The molecule has 1 fully saturated rings. The Morgan fingerprint density at radius 2 is 1.79 bits per heavy atom. The van der Waals surface area contributed by atoms with Gasteiger partial charge in [0.25, 0.3) is 11.8 Å². The molecular formula is C24H21FN4O4. The molecule has 0 aliphatic carbocycles. The van der Waals surface area contributed by atoms with Gasteiger partial charge in [0.1, 0.15) is 22.8 Å². The fourth-order valence-electron chi connectivity index (χ4n) is 3.91. The zero-order valence-corrected chi connectivity index (χ0v) is 17.9. The second-order valence-corrected chi connectivity index (χ2v) is 7.67. The molecule has 0 spiro atoms. The van der Waals surface area contributed by atoms with Crippen LogP contribution in [0.3, 0.4) is 0 Å². The predicted octanol–water partition coefficient (Wildman–Crippen LogP) is 3.79. The lowest BCUT2D eigenvalue weighted by molar-refractivity contribution is 0.0285. The molecule has 0 unspecified atom stereocenters. The minimum Gasteiger partial charge on any atom is -0.449 e. The third-order valence-electron chi connectivity index (χ3n) is 5.66. The number of rotatable bonds is 4. The van der Waals surface area contributed by atoms with E-state index in [-0.39, 0.29) is 22.9 Å². The highest BCUT2D eigenvalue weighted by atomic mass is 19.1. The number of nitrogens with zero attached hydrogens (tertiary/aromatic N) is 3. The Bertz CT molecular complexity index is 1350. The molecule has 2 aromatic heterocycles. The number of ether oxygens (including phenoxy) is 1. The molecule has 1 aliphatic heterocycles. The van der Waals surface area contributed by atoms with Gasteiger partial charge in [-0.3, -0.25) is 9.59 Å². The van der Waals surface area contributed by atoms with E-state index in [0.717, 1.165) is 0 Å². The van der Waals surface area contributed by atoms with Crippen molar-refractivity contribution in [3.8, 4) is 5.69 Å². The van der Waals surface area contributed by atoms with Crippen molar-refractivity contribution in [2.75, 3.05) is 31.6 Å². The van der Waals surface area contributed by atoms with Gasteiger partial charge in [0.2, 0.25) is 5.76 Å². The lowest BCUT2D eigenvalue weighted by Crippen LogP contribution is -2.40. The van der Waals surface area contributed by atoms with Crippen LogP contribution in [0.2, 0.25) is 0 Å². The van der Waals surface area contributed by atoms with Crippen LogP contribution in [0, 0.1) is 12.7 Å². The van der Waals surface area contributed by atoms with E-state index in [1.807, 2.05) is 0 Å². The third-order valence-corrected chi connectivity index (χ3v) is 5.66. The average molecular weight is 448 g/mol. The second-order valence-electron chi connectivity index (χ2n) is 7.67. The molecule has 0 radical (unpaired) electrons. The zero-order chi connectivity index (χ0) is 22.9. The van der Waals surface area contributed by atoms with E-state index in [0.29, 0.717) is 48.7 Å². The normalized spacial score (nSPS) is 13.9. The van der Waals surface area contributed by atoms with Gasteiger partial charge < -0.3 is 19.4 Å². The number of carbonyl (C=O) groups is 2. The summed E-state index contributed by atoms with van der Waals surface area (Å²) in [4.78, 5) is 28.0. The zero-order valence-electron chi connectivity index (χ0n) is 17.9. The van der Waals surface area contributed by atoms with Crippen molar-refractivity contribution in [3.63, 3.8) is 0 Å². The van der Waals surface area contributed by atoms with Gasteiger partial charge in [0.05, 0.1) is 30.7 Å². The van der Waals surface area contributed by atoms with Crippen molar-refractivity contribution in [3.05, 3.63) is 77.6 Å². The monoisotopic (exact) mass is 448 g/mol. The number of furan rings is 1. The van der Waals surface area contributed by atoms with Crippen LogP contribution < -0.4 is 5.32 Å². The Kier molecular flexibility index (Phi) is 5.39. The number of para-hydroxylation sites is 2. The van der Waals surface area contributed by atoms with Crippen molar-refractivity contribution in [2.24, 2.45) is 0 Å². The molecule has 3 heterocycles. The van der Waals surface area contributed by atoms with Crippen molar-refractivity contribution < 1.29 is 23.1 Å². The minimum atomic E-state index is -0.474. The van der Waals surface area contributed by atoms with Crippen LogP contribution >= 0.6 is 0 Å². The number of nitrogens with one attached hydrogen (secondary N) is 1. The van der Waals surface area contributed by atoms with Crippen molar-refractivity contribution in [2.45, 2.75) is 6.92 Å². The molecule has 2 aromatic carbocycles. The summed E-state index contributed by atoms with van der Waals surface area (Å²) in [5.41, 5.74) is 1.75. The number of anilines is 1. The summed E-state index contributed by atoms with van der Waals surface area (Å²) >= 11 is 0. The van der Waals surface area contributed by atoms with Crippen LogP contribution in [0.4, 0.5) is 10.1 Å². The first kappa shape index (κ1) is 20.9. The first-order valence-electron chi connectivity index (χ1n) is 10.5. The summed E-state index contributed by atoms with van der Waals surface area (Å²) in [6.07, 6.45) is 1.38. The SMILES string of the molecule is Cc1c(C(=O)Nc2c(C(=O)N3CCOCC3)oc3ccccc23)cnn1-c1ccccc1F. The smallest absolute Gasteiger partial charge is 0.291 e. The molecule has 0 atom stereocenters. The van der Waals surface area contributed by atoms with Crippen LogP contribution in [0.25, 0.3) is 16.7 Å². The fraction of sp³-hybridized carbons (Fsp3) is 0.208. The number of aromatic nitrogens is 2. The largest absolute Gasteiger partial charge is 0.449 e. The van der Waals surface area contributed by atoms with Crippen LogP contribution in [0.5, 0.6) is 0 Å². The molecule has 168 valence electrons. The first-order chi connectivity index (χ1) is 16.0. The number of carbonyl (C=O) groups excluding carboxylic acids is 2. The molecule has 1 N–H and O–H groups in total. The van der Waals surface area contributed by atoms with Gasteiger partial charge in [-0.15, -0.1) is 0 Å². The van der Waals surface area contributed by atoms with Gasteiger partial charge in [-0.2, -0.15) is 5.10 Å². The molecule has 0 bridgehead atoms. The maximum atomic E-state index is 14.2. The quantitative estimate of drug-likeness (QED) is 0.513. The summed E-state index contributed by atoms with van der Waals surface area (Å²) in [5, 5.41) is 7.64. The van der Waals surface area contributed by atoms with Gasteiger partial charge in [-0.25, -0.2) is 9.07 Å². The number of morpholine rings is 1. The molecule has 9 heteroatoms. The summed E-state index contributed by atoms with van der Waals surface area (Å²) in [7, 11) is 0. The summed E-state index contributed by atoms with van der Waals surface area (Å²) in [6.45, 7) is 3.46. The van der Waals surface area contributed by atoms with Gasteiger partial charge in [-0.05, 0) is 31.2 Å². The van der Waals surface area contributed by atoms with Crippen LogP contribution in [-0.4, -0.2) is 52.8 Å². The lowest BCUT2D eigenvalue weighted by Gasteiger charge is -2.26. The van der Waals surface area contributed by atoms with E-state index >= 15 is 0 Å². The third kappa shape index (κ3) is 3.76. The van der Waals surface area contributed by atoms with Crippen molar-refractivity contribution in [1.29, 1.82) is 0 Å². The minimum absolute atomic E-state index is 0.0607. The lowest BCUT2D eigenvalue weighted by atomic mass is 10.2. The predicted molar refractivity (Wildman–Crippen MR) is 119 cm³/mol. The van der Waals surface area contributed by atoms with E-state index in [4.69, 9.17) is 9.15 Å². The van der Waals surface area contributed by atoms with E-state index < -0.39 is 11.7 Å². The highest BCUT2D eigenvalue weighted by Crippen LogP contribution is 2.32. The van der Waals surface area contributed by atoms with E-state index in [1.165, 1.54) is 16.9 Å². The van der Waals surface area contributed by atoms with Crippen LogP contribution in [-0.2, 0) is 4.74 Å². The number of hydrogen-bond donors (Lipinski definition) is 1. The standard InChI is InChI=1S/C24H21FN4O4/c1-15-17(14-26-29(15)19-8-4-3-7-18(19)25)23(30)27-21-16-6-2-5-9-20(16)33-22(21)24(31)28-10-12-32-13-11-28/h2-9,14H,10-13H2,1H3,(H,27,30). The molecule has 2 amide bonds. The number of fused-ring (bicyclic) bond motifs is 1. The van der Waals surface area contributed by atoms with Gasteiger partial charge in [0.15, 0.2) is 0 Å². The van der Waals surface area contributed by atoms with Crippen molar-refractivity contribution >= 4 is 28.5 Å².